The van der Waals surface area contributed by atoms with Gasteiger partial charge in [-0.2, -0.15) is 0 Å². The minimum atomic E-state index is -0.404. The third-order valence-corrected chi connectivity index (χ3v) is 4.88. The van der Waals surface area contributed by atoms with Gasteiger partial charge in [0.2, 0.25) is 0 Å². The molecule has 5 heteroatoms. The minimum absolute atomic E-state index is 0.221. The summed E-state index contributed by atoms with van der Waals surface area (Å²) in [4.78, 5) is 15.7. The van der Waals surface area contributed by atoms with Crippen molar-refractivity contribution in [2.75, 3.05) is 13.7 Å². The van der Waals surface area contributed by atoms with E-state index in [2.05, 4.69) is 22.1 Å². The molecule has 2 heterocycles. The highest BCUT2D eigenvalue weighted by atomic mass is 16.6. The van der Waals surface area contributed by atoms with Gasteiger partial charge in [0.05, 0.1) is 13.2 Å². The number of rotatable bonds is 3. The number of carbonyl (C=O) groups excluding carboxylic acids is 1. The van der Waals surface area contributed by atoms with E-state index in [1.807, 2.05) is 55.5 Å². The van der Waals surface area contributed by atoms with E-state index in [0.717, 1.165) is 39.1 Å². The number of methoxy groups -OCH3 is 1. The van der Waals surface area contributed by atoms with Crippen LogP contribution < -0.4 is 10.1 Å². The molecule has 1 amide bonds. The number of nitrogens with zero attached hydrogens (tertiary/aromatic N) is 1. The van der Waals surface area contributed by atoms with Crippen LogP contribution >= 0.6 is 0 Å². The van der Waals surface area contributed by atoms with Crippen LogP contribution in [0.15, 0.2) is 60.9 Å². The quantitative estimate of drug-likeness (QED) is 0.686. The smallest absolute Gasteiger partial charge is 0.407 e. The number of alkyl carbamates (subject to hydrolysis) is 1. The normalized spacial score (nSPS) is 15.1. The van der Waals surface area contributed by atoms with Crippen molar-refractivity contribution in [1.82, 2.24) is 10.3 Å². The number of cyclic esters (lactones) is 1. The summed E-state index contributed by atoms with van der Waals surface area (Å²) in [6.07, 6.45) is 3.11. The Morgan fingerprint density at radius 2 is 1.97 bits per heavy atom. The lowest BCUT2D eigenvalue weighted by molar-refractivity contribution is 0.177. The van der Waals surface area contributed by atoms with E-state index < -0.39 is 6.09 Å². The molecule has 0 saturated carbocycles. The van der Waals surface area contributed by atoms with E-state index in [1.54, 1.807) is 19.5 Å². The van der Waals surface area contributed by atoms with Crippen molar-refractivity contribution in [2.45, 2.75) is 13.0 Å². The number of carbonyl (C=O) groups is 1. The van der Waals surface area contributed by atoms with Gasteiger partial charge in [-0.1, -0.05) is 30.0 Å². The van der Waals surface area contributed by atoms with Gasteiger partial charge in [-0.05, 0) is 59.5 Å². The van der Waals surface area contributed by atoms with Crippen LogP contribution in [-0.4, -0.2) is 24.8 Å². The predicted molar refractivity (Wildman–Crippen MR) is 111 cm³/mol. The van der Waals surface area contributed by atoms with Gasteiger partial charge in [0.25, 0.3) is 0 Å². The summed E-state index contributed by atoms with van der Waals surface area (Å²) in [6, 6.07) is 15.6. The molecule has 2 aromatic carbocycles. The number of pyridine rings is 1. The van der Waals surface area contributed by atoms with Gasteiger partial charge < -0.3 is 14.8 Å². The average molecular weight is 384 g/mol. The molecular formula is C24H20N2O3. The first-order valence-corrected chi connectivity index (χ1v) is 9.28. The highest BCUT2D eigenvalue weighted by Crippen LogP contribution is 2.32. The second-order valence-electron chi connectivity index (χ2n) is 6.77. The molecule has 4 rings (SSSR count). The van der Waals surface area contributed by atoms with E-state index >= 15 is 0 Å². The van der Waals surface area contributed by atoms with Crippen molar-refractivity contribution in [2.24, 2.45) is 0 Å². The van der Waals surface area contributed by atoms with Crippen LogP contribution in [0.1, 0.15) is 28.3 Å². The highest BCUT2D eigenvalue weighted by Gasteiger charge is 2.26. The largest absolute Gasteiger partial charge is 0.497 e. The van der Waals surface area contributed by atoms with Gasteiger partial charge >= 0.3 is 6.09 Å². The molecule has 3 aromatic rings. The summed E-state index contributed by atoms with van der Waals surface area (Å²) in [7, 11) is 1.64. The molecule has 1 aromatic heterocycles. The summed E-state index contributed by atoms with van der Waals surface area (Å²) < 4.78 is 10.4. The van der Waals surface area contributed by atoms with Crippen molar-refractivity contribution >= 4 is 6.09 Å². The Balaban J connectivity index is 1.74. The van der Waals surface area contributed by atoms with Gasteiger partial charge in [0.15, 0.2) is 0 Å². The number of aromatic nitrogens is 1. The fraction of sp³-hybridized carbons (Fsp3) is 0.167. The fourth-order valence-corrected chi connectivity index (χ4v) is 3.25. The van der Waals surface area contributed by atoms with E-state index in [-0.39, 0.29) is 6.04 Å². The zero-order chi connectivity index (χ0) is 20.2. The molecular weight excluding hydrogens is 364 g/mol. The molecule has 1 fully saturated rings. The van der Waals surface area contributed by atoms with Gasteiger partial charge in [-0.3, -0.25) is 4.98 Å². The van der Waals surface area contributed by atoms with Crippen molar-refractivity contribution in [3.8, 4) is 28.7 Å². The Hall–Kier alpha value is -3.78. The van der Waals surface area contributed by atoms with Gasteiger partial charge in [-0.25, -0.2) is 4.79 Å². The molecule has 29 heavy (non-hydrogen) atoms. The molecule has 0 spiro atoms. The molecule has 1 aliphatic heterocycles. The molecule has 1 saturated heterocycles. The van der Waals surface area contributed by atoms with Crippen LogP contribution in [-0.2, 0) is 4.74 Å². The number of amides is 1. The first-order chi connectivity index (χ1) is 14.1. The monoisotopic (exact) mass is 384 g/mol. The zero-order valence-corrected chi connectivity index (χ0v) is 16.2. The maximum absolute atomic E-state index is 11.6. The average Bonchev–Trinajstić information content (AvgIpc) is 3.19. The van der Waals surface area contributed by atoms with Crippen LogP contribution in [0.2, 0.25) is 0 Å². The van der Waals surface area contributed by atoms with Crippen LogP contribution in [0.4, 0.5) is 4.79 Å². The molecule has 0 bridgehead atoms. The first kappa shape index (κ1) is 18.6. The van der Waals surface area contributed by atoms with Crippen LogP contribution in [0.3, 0.4) is 0 Å². The van der Waals surface area contributed by atoms with Crippen molar-refractivity contribution < 1.29 is 14.3 Å². The molecule has 1 aliphatic rings. The molecule has 5 nitrogen and oxygen atoms in total. The predicted octanol–water partition coefficient (Wildman–Crippen LogP) is 4.25. The lowest BCUT2D eigenvalue weighted by Gasteiger charge is -2.15. The number of hydrogen-bond donors (Lipinski definition) is 1. The second kappa shape index (κ2) is 8.07. The van der Waals surface area contributed by atoms with Crippen LogP contribution in [0.25, 0.3) is 11.1 Å². The SMILES string of the molecule is COc1ccc(-c2ccc(C#Cc3cnccc3C)cc2C2COC(=O)N2)cc1. The van der Waals surface area contributed by atoms with E-state index in [0.29, 0.717) is 6.61 Å². The van der Waals surface area contributed by atoms with Crippen LogP contribution in [0, 0.1) is 18.8 Å². The number of nitrogens with one attached hydrogen (secondary N) is 1. The standard InChI is InChI=1S/C24H20N2O3/c1-16-11-12-25-14-19(16)5-3-17-4-10-21(18-6-8-20(28-2)9-7-18)22(13-17)23-15-29-24(27)26-23/h4,6-14,23H,15H2,1-2H3,(H,26,27). The van der Waals surface area contributed by atoms with Crippen molar-refractivity contribution in [1.29, 1.82) is 0 Å². The van der Waals surface area contributed by atoms with Gasteiger partial charge in [0, 0.05) is 23.5 Å². The van der Waals surface area contributed by atoms with Gasteiger partial charge in [0.1, 0.15) is 12.4 Å². The van der Waals surface area contributed by atoms with E-state index in [1.165, 1.54) is 0 Å². The lowest BCUT2D eigenvalue weighted by Crippen LogP contribution is -2.19. The highest BCUT2D eigenvalue weighted by molar-refractivity contribution is 5.74. The molecule has 1 unspecified atom stereocenters. The van der Waals surface area contributed by atoms with Crippen molar-refractivity contribution in [3.05, 3.63) is 83.2 Å². The third kappa shape index (κ3) is 4.07. The Morgan fingerprint density at radius 1 is 1.14 bits per heavy atom. The number of aryl methyl sites for hydroxylation is 1. The maximum atomic E-state index is 11.6. The minimum Gasteiger partial charge on any atom is -0.497 e. The van der Waals surface area contributed by atoms with Gasteiger partial charge in [-0.15, -0.1) is 0 Å². The Morgan fingerprint density at radius 3 is 2.66 bits per heavy atom. The van der Waals surface area contributed by atoms with E-state index in [4.69, 9.17) is 9.47 Å². The molecule has 144 valence electrons. The molecule has 0 radical (unpaired) electrons. The first-order valence-electron chi connectivity index (χ1n) is 9.28. The Labute approximate surface area is 169 Å². The second-order valence-corrected chi connectivity index (χ2v) is 6.77. The summed E-state index contributed by atoms with van der Waals surface area (Å²) in [5.74, 6) is 7.19. The summed E-state index contributed by atoms with van der Waals surface area (Å²) in [5.41, 5.74) is 5.86. The summed E-state index contributed by atoms with van der Waals surface area (Å²) in [6.45, 7) is 2.30. The van der Waals surface area contributed by atoms with Crippen molar-refractivity contribution in [3.63, 3.8) is 0 Å². The summed E-state index contributed by atoms with van der Waals surface area (Å²) >= 11 is 0. The topological polar surface area (TPSA) is 60.5 Å². The number of ether oxygens (including phenoxy) is 2. The zero-order valence-electron chi connectivity index (χ0n) is 16.2. The fourth-order valence-electron chi connectivity index (χ4n) is 3.25. The third-order valence-electron chi connectivity index (χ3n) is 4.88. The maximum Gasteiger partial charge on any atom is 0.407 e. The number of hydrogen-bond acceptors (Lipinski definition) is 4. The Kier molecular flexibility index (Phi) is 5.17. The molecule has 1 N–H and O–H groups in total. The lowest BCUT2D eigenvalue weighted by atomic mass is 9.93. The van der Waals surface area contributed by atoms with E-state index in [9.17, 15) is 4.79 Å². The number of benzene rings is 2. The molecule has 1 atom stereocenters. The molecule has 0 aliphatic carbocycles. The Bertz CT molecular complexity index is 1110. The van der Waals surface area contributed by atoms with Crippen LogP contribution in [0.5, 0.6) is 5.75 Å². The summed E-state index contributed by atoms with van der Waals surface area (Å²) in [5, 5.41) is 2.87.